The Labute approximate surface area is 210 Å². The van der Waals surface area contributed by atoms with Crippen molar-refractivity contribution in [3.63, 3.8) is 0 Å². The molecule has 0 aromatic heterocycles. The highest BCUT2D eigenvalue weighted by Crippen LogP contribution is 2.21. The van der Waals surface area contributed by atoms with Crippen LogP contribution in [0.4, 0.5) is 0 Å². The third kappa shape index (κ3) is 7.51. The number of carbonyl (C=O) groups is 2. The van der Waals surface area contributed by atoms with Crippen LogP contribution in [-0.4, -0.2) is 35.4 Å². The van der Waals surface area contributed by atoms with Gasteiger partial charge >= 0.3 is 0 Å². The van der Waals surface area contributed by atoms with E-state index in [0.29, 0.717) is 22.2 Å². The number of halogens is 2. The zero-order valence-electron chi connectivity index (χ0n) is 19.2. The molecule has 0 aliphatic carbocycles. The quantitative estimate of drug-likeness (QED) is 0.399. The molecule has 1 atom stereocenters. The van der Waals surface area contributed by atoms with Crippen LogP contribution in [0.25, 0.3) is 0 Å². The molecule has 3 aromatic rings. The molecule has 0 aliphatic heterocycles. The van der Waals surface area contributed by atoms with E-state index < -0.39 is 6.04 Å². The van der Waals surface area contributed by atoms with Gasteiger partial charge in [-0.05, 0) is 55.3 Å². The van der Waals surface area contributed by atoms with Crippen LogP contribution in [0, 0.1) is 0 Å². The molecular formula is C27H28Cl2N2O3. The number of carbonyl (C=O) groups excluding carboxylic acids is 2. The number of amides is 2. The predicted molar refractivity (Wildman–Crippen MR) is 136 cm³/mol. The smallest absolute Gasteiger partial charge is 0.261 e. The standard InChI is InChI=1S/C27H28Cl2N2O3/c1-19(2)30-27(33)25(16-20-8-4-3-5-9-20)31(17-21-10-6-7-11-24(21)29)26(32)18-34-23-14-12-22(28)13-15-23/h3-15,19,25H,16-18H2,1-2H3,(H,30,33)/t25-/m0/s1. The first-order valence-corrected chi connectivity index (χ1v) is 11.8. The van der Waals surface area contributed by atoms with Gasteiger partial charge in [-0.2, -0.15) is 0 Å². The molecule has 0 saturated carbocycles. The van der Waals surface area contributed by atoms with Gasteiger partial charge in [0.15, 0.2) is 6.61 Å². The molecule has 0 unspecified atom stereocenters. The van der Waals surface area contributed by atoms with Gasteiger partial charge in [0.2, 0.25) is 5.91 Å². The first-order valence-electron chi connectivity index (χ1n) is 11.1. The van der Waals surface area contributed by atoms with Gasteiger partial charge in [-0.1, -0.05) is 71.7 Å². The topological polar surface area (TPSA) is 58.6 Å². The average Bonchev–Trinajstić information content (AvgIpc) is 2.82. The van der Waals surface area contributed by atoms with Crippen molar-refractivity contribution in [2.24, 2.45) is 0 Å². The Hall–Kier alpha value is -3.02. The van der Waals surface area contributed by atoms with Gasteiger partial charge in [0.05, 0.1) is 0 Å². The molecular weight excluding hydrogens is 471 g/mol. The van der Waals surface area contributed by atoms with Crippen molar-refractivity contribution in [2.45, 2.75) is 38.9 Å². The second-order valence-electron chi connectivity index (χ2n) is 8.22. The van der Waals surface area contributed by atoms with Crippen LogP contribution >= 0.6 is 23.2 Å². The molecule has 0 heterocycles. The molecule has 3 rings (SSSR count). The van der Waals surface area contributed by atoms with Crippen LogP contribution in [0.15, 0.2) is 78.9 Å². The monoisotopic (exact) mass is 498 g/mol. The normalized spacial score (nSPS) is 11.7. The van der Waals surface area contributed by atoms with E-state index >= 15 is 0 Å². The number of ether oxygens (including phenoxy) is 1. The van der Waals surface area contributed by atoms with Gasteiger partial charge in [0.25, 0.3) is 5.91 Å². The number of hydrogen-bond donors (Lipinski definition) is 1. The van der Waals surface area contributed by atoms with E-state index in [2.05, 4.69) is 5.32 Å². The molecule has 1 N–H and O–H groups in total. The molecule has 2 amide bonds. The van der Waals surface area contributed by atoms with Crippen molar-refractivity contribution in [1.82, 2.24) is 10.2 Å². The van der Waals surface area contributed by atoms with Gasteiger partial charge in [-0.3, -0.25) is 9.59 Å². The van der Waals surface area contributed by atoms with E-state index in [1.165, 1.54) is 0 Å². The highest BCUT2D eigenvalue weighted by molar-refractivity contribution is 6.31. The lowest BCUT2D eigenvalue weighted by molar-refractivity contribution is -0.143. The lowest BCUT2D eigenvalue weighted by atomic mass is 10.0. The number of benzene rings is 3. The van der Waals surface area contributed by atoms with Crippen molar-refractivity contribution in [3.05, 3.63) is 100 Å². The second kappa shape index (κ2) is 12.4. The molecule has 0 aliphatic rings. The summed E-state index contributed by atoms with van der Waals surface area (Å²) in [6, 6.07) is 22.9. The Kier molecular flexibility index (Phi) is 9.37. The van der Waals surface area contributed by atoms with Crippen LogP contribution in [0.2, 0.25) is 10.0 Å². The highest BCUT2D eigenvalue weighted by atomic mass is 35.5. The van der Waals surface area contributed by atoms with Gasteiger partial charge in [-0.25, -0.2) is 0 Å². The van der Waals surface area contributed by atoms with Gasteiger partial charge < -0.3 is 15.0 Å². The minimum Gasteiger partial charge on any atom is -0.484 e. The maximum atomic E-state index is 13.5. The molecule has 178 valence electrons. The summed E-state index contributed by atoms with van der Waals surface area (Å²) in [5.41, 5.74) is 1.70. The maximum Gasteiger partial charge on any atom is 0.261 e. The van der Waals surface area contributed by atoms with Crippen molar-refractivity contribution in [2.75, 3.05) is 6.61 Å². The third-order valence-electron chi connectivity index (χ3n) is 5.18. The summed E-state index contributed by atoms with van der Waals surface area (Å²) in [7, 11) is 0. The molecule has 0 radical (unpaired) electrons. The molecule has 3 aromatic carbocycles. The number of nitrogens with zero attached hydrogens (tertiary/aromatic N) is 1. The van der Waals surface area contributed by atoms with Crippen LogP contribution in [0.3, 0.4) is 0 Å². The Morgan fingerprint density at radius 3 is 2.21 bits per heavy atom. The fourth-order valence-corrected chi connectivity index (χ4v) is 3.83. The van der Waals surface area contributed by atoms with Crippen LogP contribution < -0.4 is 10.1 Å². The Morgan fingerprint density at radius 1 is 0.912 bits per heavy atom. The predicted octanol–water partition coefficient (Wildman–Crippen LogP) is 5.54. The van der Waals surface area contributed by atoms with E-state index in [0.717, 1.165) is 11.1 Å². The minimum atomic E-state index is -0.748. The lowest BCUT2D eigenvalue weighted by Gasteiger charge is -2.32. The van der Waals surface area contributed by atoms with E-state index in [1.54, 1.807) is 35.2 Å². The first kappa shape index (κ1) is 25.6. The van der Waals surface area contributed by atoms with Crippen LogP contribution in [-0.2, 0) is 22.6 Å². The molecule has 34 heavy (non-hydrogen) atoms. The number of nitrogens with one attached hydrogen (secondary N) is 1. The van der Waals surface area contributed by atoms with E-state index in [-0.39, 0.29) is 31.0 Å². The highest BCUT2D eigenvalue weighted by Gasteiger charge is 2.31. The summed E-state index contributed by atoms with van der Waals surface area (Å²) in [6.45, 7) is 3.72. The van der Waals surface area contributed by atoms with Crippen molar-refractivity contribution < 1.29 is 14.3 Å². The summed E-state index contributed by atoms with van der Waals surface area (Å²) >= 11 is 12.3. The van der Waals surface area contributed by atoms with Gasteiger partial charge in [-0.15, -0.1) is 0 Å². The molecule has 7 heteroatoms. The summed E-state index contributed by atoms with van der Waals surface area (Å²) in [6.07, 6.45) is 0.358. The zero-order chi connectivity index (χ0) is 24.5. The van der Waals surface area contributed by atoms with Gasteiger partial charge in [0, 0.05) is 29.1 Å². The van der Waals surface area contributed by atoms with Crippen molar-refractivity contribution in [3.8, 4) is 5.75 Å². The van der Waals surface area contributed by atoms with Crippen molar-refractivity contribution >= 4 is 35.0 Å². The van der Waals surface area contributed by atoms with Gasteiger partial charge in [0.1, 0.15) is 11.8 Å². The third-order valence-corrected chi connectivity index (χ3v) is 5.80. The Morgan fingerprint density at radius 2 is 1.56 bits per heavy atom. The average molecular weight is 499 g/mol. The molecule has 0 spiro atoms. The van der Waals surface area contributed by atoms with Crippen molar-refractivity contribution in [1.29, 1.82) is 0 Å². The summed E-state index contributed by atoms with van der Waals surface area (Å²) < 4.78 is 5.72. The van der Waals surface area contributed by atoms with E-state index in [4.69, 9.17) is 27.9 Å². The molecule has 0 bridgehead atoms. The SMILES string of the molecule is CC(C)NC(=O)[C@H](Cc1ccccc1)N(Cc1ccccc1Cl)C(=O)COc1ccc(Cl)cc1. The lowest BCUT2D eigenvalue weighted by Crippen LogP contribution is -2.52. The fourth-order valence-electron chi connectivity index (χ4n) is 3.50. The largest absolute Gasteiger partial charge is 0.484 e. The summed E-state index contributed by atoms with van der Waals surface area (Å²) in [5.74, 6) is -0.0397. The molecule has 0 fully saturated rings. The molecule has 0 saturated heterocycles. The Balaban J connectivity index is 1.91. The maximum absolute atomic E-state index is 13.5. The summed E-state index contributed by atoms with van der Waals surface area (Å²) in [4.78, 5) is 28.3. The first-order chi connectivity index (χ1) is 16.3. The Bertz CT molecular complexity index is 1090. The van der Waals surface area contributed by atoms with Crippen LogP contribution in [0.1, 0.15) is 25.0 Å². The number of rotatable bonds is 10. The van der Waals surface area contributed by atoms with E-state index in [1.807, 2.05) is 62.4 Å². The zero-order valence-corrected chi connectivity index (χ0v) is 20.7. The second-order valence-corrected chi connectivity index (χ2v) is 9.07. The van der Waals surface area contributed by atoms with Crippen LogP contribution in [0.5, 0.6) is 5.75 Å². The number of hydrogen-bond acceptors (Lipinski definition) is 3. The summed E-state index contributed by atoms with van der Waals surface area (Å²) in [5, 5.41) is 4.06. The fraction of sp³-hybridized carbons (Fsp3) is 0.259. The molecule has 5 nitrogen and oxygen atoms in total. The van der Waals surface area contributed by atoms with E-state index in [9.17, 15) is 9.59 Å². The minimum absolute atomic E-state index is 0.0756.